The molecule has 4 heteroatoms. The predicted octanol–water partition coefficient (Wildman–Crippen LogP) is 1.53. The molecule has 1 unspecified atom stereocenters. The molecule has 0 aliphatic heterocycles. The van der Waals surface area contributed by atoms with Gasteiger partial charge in [-0.1, -0.05) is 31.5 Å². The number of rotatable bonds is 6. The van der Waals surface area contributed by atoms with Gasteiger partial charge in [-0.2, -0.15) is 0 Å². The first-order valence-corrected chi connectivity index (χ1v) is 5.92. The standard InChI is InChI=1S/C13H20N2O2/c1-2-5-11(14)8-13(17)15-9-10-6-3-4-7-12(10)16/h3-4,6-7,11,16H,2,5,8-9,14H2,1H3,(H,15,17). The molecule has 17 heavy (non-hydrogen) atoms. The Kier molecular flexibility index (Phi) is 5.49. The van der Waals surface area contributed by atoms with E-state index in [0.29, 0.717) is 18.5 Å². The Balaban J connectivity index is 2.36. The van der Waals surface area contributed by atoms with Crippen molar-refractivity contribution < 1.29 is 9.90 Å². The first kappa shape index (κ1) is 13.5. The van der Waals surface area contributed by atoms with Gasteiger partial charge in [0.2, 0.25) is 5.91 Å². The fraction of sp³-hybridized carbons (Fsp3) is 0.462. The van der Waals surface area contributed by atoms with Crippen molar-refractivity contribution in [3.05, 3.63) is 29.8 Å². The van der Waals surface area contributed by atoms with E-state index in [1.165, 1.54) is 0 Å². The molecule has 1 aromatic carbocycles. The maximum absolute atomic E-state index is 11.5. The lowest BCUT2D eigenvalue weighted by molar-refractivity contribution is -0.121. The molecule has 0 aliphatic carbocycles. The van der Waals surface area contributed by atoms with Crippen LogP contribution in [0, 0.1) is 0 Å². The lowest BCUT2D eigenvalue weighted by Gasteiger charge is -2.11. The Hall–Kier alpha value is -1.55. The number of hydrogen-bond donors (Lipinski definition) is 3. The smallest absolute Gasteiger partial charge is 0.221 e. The van der Waals surface area contributed by atoms with Gasteiger partial charge >= 0.3 is 0 Å². The van der Waals surface area contributed by atoms with Crippen molar-refractivity contribution in [3.63, 3.8) is 0 Å². The summed E-state index contributed by atoms with van der Waals surface area (Å²) in [6.07, 6.45) is 2.17. The summed E-state index contributed by atoms with van der Waals surface area (Å²) in [6, 6.07) is 6.87. The minimum atomic E-state index is -0.0793. The van der Waals surface area contributed by atoms with Crippen LogP contribution in [0.2, 0.25) is 0 Å². The van der Waals surface area contributed by atoms with Crippen LogP contribution < -0.4 is 11.1 Å². The molecule has 1 aromatic rings. The molecule has 0 saturated carbocycles. The van der Waals surface area contributed by atoms with Gasteiger partial charge in [-0.05, 0) is 12.5 Å². The number of carbonyl (C=O) groups is 1. The van der Waals surface area contributed by atoms with Crippen molar-refractivity contribution >= 4 is 5.91 Å². The van der Waals surface area contributed by atoms with E-state index in [1.807, 2.05) is 13.0 Å². The molecule has 0 radical (unpaired) electrons. The highest BCUT2D eigenvalue weighted by Gasteiger charge is 2.08. The first-order chi connectivity index (χ1) is 8.13. The number of hydrogen-bond acceptors (Lipinski definition) is 3. The molecule has 0 heterocycles. The van der Waals surface area contributed by atoms with Gasteiger partial charge in [0.25, 0.3) is 0 Å². The van der Waals surface area contributed by atoms with Crippen molar-refractivity contribution in [2.24, 2.45) is 5.73 Å². The summed E-state index contributed by atoms with van der Waals surface area (Å²) in [5.41, 5.74) is 6.49. The van der Waals surface area contributed by atoms with Gasteiger partial charge in [-0.3, -0.25) is 4.79 Å². The monoisotopic (exact) mass is 236 g/mol. The number of aromatic hydroxyl groups is 1. The Morgan fingerprint density at radius 1 is 1.47 bits per heavy atom. The number of benzene rings is 1. The third-order valence-corrected chi connectivity index (χ3v) is 2.57. The van der Waals surface area contributed by atoms with Gasteiger partial charge in [-0.25, -0.2) is 0 Å². The van der Waals surface area contributed by atoms with E-state index in [0.717, 1.165) is 12.8 Å². The lowest BCUT2D eigenvalue weighted by Crippen LogP contribution is -2.31. The zero-order valence-electron chi connectivity index (χ0n) is 10.1. The molecule has 4 N–H and O–H groups in total. The van der Waals surface area contributed by atoms with Crippen LogP contribution in [0.3, 0.4) is 0 Å². The SMILES string of the molecule is CCCC(N)CC(=O)NCc1ccccc1O. The average molecular weight is 236 g/mol. The van der Waals surface area contributed by atoms with E-state index in [4.69, 9.17) is 5.73 Å². The molecule has 0 saturated heterocycles. The summed E-state index contributed by atoms with van der Waals surface area (Å²) in [5, 5.41) is 12.3. The minimum Gasteiger partial charge on any atom is -0.508 e. The number of nitrogens with two attached hydrogens (primary N) is 1. The fourth-order valence-electron chi connectivity index (χ4n) is 1.64. The molecule has 4 nitrogen and oxygen atoms in total. The molecular formula is C13H20N2O2. The van der Waals surface area contributed by atoms with E-state index >= 15 is 0 Å². The second-order valence-corrected chi connectivity index (χ2v) is 4.16. The Morgan fingerprint density at radius 2 is 2.18 bits per heavy atom. The normalized spacial score (nSPS) is 12.1. The number of para-hydroxylation sites is 1. The third kappa shape index (κ3) is 4.87. The molecular weight excluding hydrogens is 216 g/mol. The number of amides is 1. The summed E-state index contributed by atoms with van der Waals surface area (Å²) in [4.78, 5) is 11.5. The van der Waals surface area contributed by atoms with Gasteiger partial charge < -0.3 is 16.2 Å². The maximum Gasteiger partial charge on any atom is 0.221 e. The van der Waals surface area contributed by atoms with Crippen LogP contribution >= 0.6 is 0 Å². The number of nitrogens with one attached hydrogen (secondary N) is 1. The highest BCUT2D eigenvalue weighted by Crippen LogP contribution is 2.14. The molecule has 0 aliphatic rings. The summed E-state index contributed by atoms with van der Waals surface area (Å²) >= 11 is 0. The predicted molar refractivity (Wildman–Crippen MR) is 67.5 cm³/mol. The van der Waals surface area contributed by atoms with Crippen LogP contribution in [-0.2, 0) is 11.3 Å². The summed E-state index contributed by atoms with van der Waals surface area (Å²) < 4.78 is 0. The second kappa shape index (κ2) is 6.91. The highest BCUT2D eigenvalue weighted by atomic mass is 16.3. The number of phenolic OH excluding ortho intramolecular Hbond substituents is 1. The van der Waals surface area contributed by atoms with E-state index in [-0.39, 0.29) is 17.7 Å². The maximum atomic E-state index is 11.5. The van der Waals surface area contributed by atoms with Gasteiger partial charge in [0, 0.05) is 24.6 Å². The zero-order chi connectivity index (χ0) is 12.7. The van der Waals surface area contributed by atoms with Gasteiger partial charge in [0.15, 0.2) is 0 Å². The molecule has 1 rings (SSSR count). The molecule has 94 valence electrons. The Bertz CT molecular complexity index is 366. The van der Waals surface area contributed by atoms with Gasteiger partial charge in [-0.15, -0.1) is 0 Å². The highest BCUT2D eigenvalue weighted by molar-refractivity contribution is 5.76. The van der Waals surface area contributed by atoms with Crippen molar-refractivity contribution in [3.8, 4) is 5.75 Å². The zero-order valence-corrected chi connectivity index (χ0v) is 10.1. The first-order valence-electron chi connectivity index (χ1n) is 5.92. The minimum absolute atomic E-state index is 0.0748. The molecule has 0 bridgehead atoms. The van der Waals surface area contributed by atoms with E-state index in [9.17, 15) is 9.90 Å². The van der Waals surface area contributed by atoms with E-state index < -0.39 is 0 Å². The quantitative estimate of drug-likeness (QED) is 0.701. The van der Waals surface area contributed by atoms with Crippen LogP contribution in [0.25, 0.3) is 0 Å². The largest absolute Gasteiger partial charge is 0.508 e. The van der Waals surface area contributed by atoms with Crippen molar-refractivity contribution in [2.75, 3.05) is 0 Å². The van der Waals surface area contributed by atoms with Crippen LogP contribution in [0.4, 0.5) is 0 Å². The Morgan fingerprint density at radius 3 is 2.82 bits per heavy atom. The molecule has 0 fully saturated rings. The molecule has 0 spiro atoms. The van der Waals surface area contributed by atoms with Gasteiger partial charge in [0.1, 0.15) is 5.75 Å². The molecule has 1 amide bonds. The molecule has 1 atom stereocenters. The van der Waals surface area contributed by atoms with E-state index in [1.54, 1.807) is 18.2 Å². The Labute approximate surface area is 102 Å². The summed E-state index contributed by atoms with van der Waals surface area (Å²) in [6.45, 7) is 2.38. The van der Waals surface area contributed by atoms with Crippen molar-refractivity contribution in [1.82, 2.24) is 5.32 Å². The number of phenols is 1. The van der Waals surface area contributed by atoms with Crippen LogP contribution in [0.5, 0.6) is 5.75 Å². The molecule has 0 aromatic heterocycles. The summed E-state index contributed by atoms with van der Waals surface area (Å²) in [7, 11) is 0. The lowest BCUT2D eigenvalue weighted by atomic mass is 10.1. The second-order valence-electron chi connectivity index (χ2n) is 4.16. The van der Waals surface area contributed by atoms with E-state index in [2.05, 4.69) is 5.32 Å². The van der Waals surface area contributed by atoms with Crippen LogP contribution in [0.1, 0.15) is 31.7 Å². The summed E-state index contributed by atoms with van der Waals surface area (Å²) in [5.74, 6) is 0.125. The van der Waals surface area contributed by atoms with Crippen molar-refractivity contribution in [1.29, 1.82) is 0 Å². The average Bonchev–Trinajstić information content (AvgIpc) is 2.28. The number of carbonyl (C=O) groups excluding carboxylic acids is 1. The van der Waals surface area contributed by atoms with Crippen LogP contribution in [-0.4, -0.2) is 17.1 Å². The van der Waals surface area contributed by atoms with Crippen LogP contribution in [0.15, 0.2) is 24.3 Å². The third-order valence-electron chi connectivity index (χ3n) is 2.57. The van der Waals surface area contributed by atoms with Gasteiger partial charge in [0.05, 0.1) is 0 Å². The fourth-order valence-corrected chi connectivity index (χ4v) is 1.64. The topological polar surface area (TPSA) is 75.4 Å². The van der Waals surface area contributed by atoms with Crippen molar-refractivity contribution in [2.45, 2.75) is 38.8 Å².